The molecule has 2 heterocycles. The molecule has 0 saturated carbocycles. The average Bonchev–Trinajstić information content (AvgIpc) is 2.47. The van der Waals surface area contributed by atoms with Crippen molar-refractivity contribution in [1.82, 2.24) is 4.98 Å². The summed E-state index contributed by atoms with van der Waals surface area (Å²) in [6, 6.07) is 4.23. The van der Waals surface area contributed by atoms with Crippen LogP contribution in [0.1, 0.15) is 37.9 Å². The first-order valence-corrected chi connectivity index (χ1v) is 7.33. The summed E-state index contributed by atoms with van der Waals surface area (Å²) < 4.78 is 5.69. The Hall–Kier alpha value is -1.13. The third kappa shape index (κ3) is 3.67. The van der Waals surface area contributed by atoms with Crippen LogP contribution in [0.15, 0.2) is 12.1 Å². The van der Waals surface area contributed by atoms with Crippen molar-refractivity contribution in [3.63, 3.8) is 0 Å². The van der Waals surface area contributed by atoms with Crippen molar-refractivity contribution in [3.05, 3.63) is 23.4 Å². The maximum absolute atomic E-state index is 5.77. The second kappa shape index (κ2) is 6.87. The van der Waals surface area contributed by atoms with Gasteiger partial charge in [-0.1, -0.05) is 6.92 Å². The second-order valence-electron chi connectivity index (χ2n) is 5.02. The minimum Gasteiger partial charge on any atom is -0.378 e. The van der Waals surface area contributed by atoms with Gasteiger partial charge < -0.3 is 15.4 Å². The average molecular weight is 263 g/mol. The van der Waals surface area contributed by atoms with Crippen LogP contribution in [-0.4, -0.2) is 30.8 Å². The Morgan fingerprint density at radius 1 is 1.32 bits per heavy atom. The highest BCUT2D eigenvalue weighted by molar-refractivity contribution is 5.43. The minimum atomic E-state index is 0.421. The largest absolute Gasteiger partial charge is 0.378 e. The molecule has 0 atom stereocenters. The zero-order chi connectivity index (χ0) is 13.7. The first-order valence-electron chi connectivity index (χ1n) is 7.33. The Morgan fingerprint density at radius 2 is 2.05 bits per heavy atom. The maximum atomic E-state index is 5.77. The van der Waals surface area contributed by atoms with Crippen molar-refractivity contribution in [3.8, 4) is 0 Å². The molecule has 0 radical (unpaired) electrons. The summed E-state index contributed by atoms with van der Waals surface area (Å²) in [5.74, 6) is 1.08. The molecule has 2 rings (SSSR count). The number of aromatic nitrogens is 1. The first kappa shape index (κ1) is 14.3. The highest BCUT2D eigenvalue weighted by atomic mass is 16.5. The predicted molar refractivity (Wildman–Crippen MR) is 78.4 cm³/mol. The van der Waals surface area contributed by atoms with Crippen molar-refractivity contribution in [2.45, 2.75) is 45.8 Å². The number of ether oxygens (including phenoxy) is 1. The summed E-state index contributed by atoms with van der Waals surface area (Å²) >= 11 is 0. The van der Waals surface area contributed by atoms with Gasteiger partial charge in [0.1, 0.15) is 5.82 Å². The van der Waals surface area contributed by atoms with E-state index in [0.717, 1.165) is 50.5 Å². The Bertz CT molecular complexity index is 378. The topological polar surface area (TPSA) is 51.4 Å². The summed E-state index contributed by atoms with van der Waals surface area (Å²) in [4.78, 5) is 7.08. The van der Waals surface area contributed by atoms with Gasteiger partial charge in [-0.05, 0) is 43.9 Å². The molecule has 0 spiro atoms. The van der Waals surface area contributed by atoms with Crippen molar-refractivity contribution in [2.24, 2.45) is 5.73 Å². The molecule has 0 amide bonds. The highest BCUT2D eigenvalue weighted by Crippen LogP contribution is 2.21. The number of aryl methyl sites for hydroxylation is 1. The number of hydrogen-bond donors (Lipinski definition) is 1. The van der Waals surface area contributed by atoms with E-state index in [1.165, 1.54) is 5.56 Å². The number of hydrogen-bond acceptors (Lipinski definition) is 4. The third-order valence-electron chi connectivity index (χ3n) is 3.69. The quantitative estimate of drug-likeness (QED) is 0.884. The minimum absolute atomic E-state index is 0.421. The first-order chi connectivity index (χ1) is 9.26. The molecular formula is C15H25N3O. The van der Waals surface area contributed by atoms with Gasteiger partial charge in [0.15, 0.2) is 0 Å². The summed E-state index contributed by atoms with van der Waals surface area (Å²) in [6.45, 7) is 7.63. The Kier molecular flexibility index (Phi) is 5.16. The van der Waals surface area contributed by atoms with Crippen LogP contribution >= 0.6 is 0 Å². The standard InChI is InChI=1S/C15H25N3O/c1-3-13-9-12(11-16)10-15(17-13)18-7-5-14(6-8-18)19-4-2/h9-10,14H,3-8,11,16H2,1-2H3. The van der Waals surface area contributed by atoms with E-state index in [9.17, 15) is 0 Å². The molecule has 2 N–H and O–H groups in total. The van der Waals surface area contributed by atoms with E-state index in [4.69, 9.17) is 15.5 Å². The summed E-state index contributed by atoms with van der Waals surface area (Å²) in [7, 11) is 0. The molecule has 4 heteroatoms. The van der Waals surface area contributed by atoms with Gasteiger partial charge in [0.25, 0.3) is 0 Å². The van der Waals surface area contributed by atoms with Crippen LogP contribution in [0, 0.1) is 0 Å². The lowest BCUT2D eigenvalue weighted by Gasteiger charge is -2.33. The lowest BCUT2D eigenvalue weighted by Crippen LogP contribution is -2.37. The van der Waals surface area contributed by atoms with Gasteiger partial charge in [0.2, 0.25) is 0 Å². The SMILES string of the molecule is CCOC1CCN(c2cc(CN)cc(CC)n2)CC1. The molecule has 0 aromatic carbocycles. The molecule has 1 aliphatic heterocycles. The Morgan fingerprint density at radius 3 is 2.63 bits per heavy atom. The smallest absolute Gasteiger partial charge is 0.129 e. The molecule has 4 nitrogen and oxygen atoms in total. The van der Waals surface area contributed by atoms with E-state index in [1.54, 1.807) is 0 Å². The molecule has 19 heavy (non-hydrogen) atoms. The molecule has 1 saturated heterocycles. The monoisotopic (exact) mass is 263 g/mol. The van der Waals surface area contributed by atoms with Crippen molar-refractivity contribution >= 4 is 5.82 Å². The maximum Gasteiger partial charge on any atom is 0.129 e. The molecule has 0 bridgehead atoms. The van der Waals surface area contributed by atoms with E-state index in [2.05, 4.69) is 30.9 Å². The molecule has 0 aliphatic carbocycles. The zero-order valence-corrected chi connectivity index (χ0v) is 12.1. The van der Waals surface area contributed by atoms with Crippen LogP contribution in [0.2, 0.25) is 0 Å². The molecule has 1 aliphatic rings. The molecule has 1 fully saturated rings. The number of anilines is 1. The molecule has 1 aromatic rings. The van der Waals surface area contributed by atoms with Gasteiger partial charge in [-0.25, -0.2) is 4.98 Å². The van der Waals surface area contributed by atoms with Gasteiger partial charge in [0, 0.05) is 31.9 Å². The van der Waals surface area contributed by atoms with Crippen molar-refractivity contribution < 1.29 is 4.74 Å². The van der Waals surface area contributed by atoms with Crippen LogP contribution in [0.25, 0.3) is 0 Å². The fourth-order valence-corrected chi connectivity index (χ4v) is 2.58. The van der Waals surface area contributed by atoms with Crippen LogP contribution in [0.5, 0.6) is 0 Å². The predicted octanol–water partition coefficient (Wildman–Crippen LogP) is 2.11. The molecular weight excluding hydrogens is 238 g/mol. The van der Waals surface area contributed by atoms with Crippen molar-refractivity contribution in [2.75, 3.05) is 24.6 Å². The van der Waals surface area contributed by atoms with E-state index < -0.39 is 0 Å². The fourth-order valence-electron chi connectivity index (χ4n) is 2.58. The highest BCUT2D eigenvalue weighted by Gasteiger charge is 2.20. The lowest BCUT2D eigenvalue weighted by atomic mass is 10.1. The van der Waals surface area contributed by atoms with E-state index >= 15 is 0 Å². The van der Waals surface area contributed by atoms with Crippen LogP contribution < -0.4 is 10.6 Å². The lowest BCUT2D eigenvalue weighted by molar-refractivity contribution is 0.0458. The number of pyridine rings is 1. The van der Waals surface area contributed by atoms with E-state index in [0.29, 0.717) is 12.6 Å². The normalized spacial score (nSPS) is 16.9. The molecule has 1 aromatic heterocycles. The van der Waals surface area contributed by atoms with Gasteiger partial charge in [-0.15, -0.1) is 0 Å². The summed E-state index contributed by atoms with van der Waals surface area (Å²) in [5.41, 5.74) is 8.07. The number of rotatable bonds is 5. The van der Waals surface area contributed by atoms with Gasteiger partial charge >= 0.3 is 0 Å². The Balaban J connectivity index is 2.06. The van der Waals surface area contributed by atoms with E-state index in [1.807, 2.05) is 0 Å². The number of nitrogens with zero attached hydrogens (tertiary/aromatic N) is 2. The number of nitrogens with two attached hydrogens (primary N) is 1. The van der Waals surface area contributed by atoms with Crippen LogP contribution in [0.3, 0.4) is 0 Å². The van der Waals surface area contributed by atoms with Crippen molar-refractivity contribution in [1.29, 1.82) is 0 Å². The second-order valence-corrected chi connectivity index (χ2v) is 5.02. The van der Waals surface area contributed by atoms with Crippen LogP contribution in [0.4, 0.5) is 5.82 Å². The summed E-state index contributed by atoms with van der Waals surface area (Å²) in [6.07, 6.45) is 3.55. The fraction of sp³-hybridized carbons (Fsp3) is 0.667. The van der Waals surface area contributed by atoms with Crippen LogP contribution in [-0.2, 0) is 17.7 Å². The Labute approximate surface area is 116 Å². The third-order valence-corrected chi connectivity index (χ3v) is 3.69. The zero-order valence-electron chi connectivity index (χ0n) is 12.1. The van der Waals surface area contributed by atoms with Gasteiger partial charge in [-0.2, -0.15) is 0 Å². The number of piperidine rings is 1. The van der Waals surface area contributed by atoms with Gasteiger partial charge in [0.05, 0.1) is 6.10 Å². The van der Waals surface area contributed by atoms with E-state index in [-0.39, 0.29) is 0 Å². The summed E-state index contributed by atoms with van der Waals surface area (Å²) in [5, 5.41) is 0. The molecule has 0 unspecified atom stereocenters. The molecule has 106 valence electrons. The van der Waals surface area contributed by atoms with Gasteiger partial charge in [-0.3, -0.25) is 0 Å².